The van der Waals surface area contributed by atoms with E-state index in [-0.39, 0.29) is 5.91 Å². The number of carbonyl (C=O) groups is 1. The van der Waals surface area contributed by atoms with E-state index in [1.165, 1.54) is 0 Å². The van der Waals surface area contributed by atoms with Crippen LogP contribution in [0.2, 0.25) is 10.0 Å². The second kappa shape index (κ2) is 7.29. The molecule has 0 aliphatic rings. The zero-order chi connectivity index (χ0) is 15.2. The molecule has 1 aromatic heterocycles. The van der Waals surface area contributed by atoms with Gasteiger partial charge in [-0.3, -0.25) is 4.79 Å². The van der Waals surface area contributed by atoms with Gasteiger partial charge in [0.2, 0.25) is 0 Å². The van der Waals surface area contributed by atoms with Crippen LogP contribution in [0.3, 0.4) is 0 Å². The van der Waals surface area contributed by atoms with Crippen molar-refractivity contribution in [1.29, 1.82) is 0 Å². The van der Waals surface area contributed by atoms with Crippen molar-refractivity contribution >= 4 is 40.5 Å². The Morgan fingerprint density at radius 2 is 1.90 bits per heavy atom. The molecule has 0 unspecified atom stereocenters. The quantitative estimate of drug-likeness (QED) is 0.863. The Hall–Kier alpha value is -1.78. The number of hydrogen-bond acceptors (Lipinski definition) is 3. The van der Waals surface area contributed by atoms with E-state index in [1.807, 2.05) is 6.92 Å². The van der Waals surface area contributed by atoms with Crippen LogP contribution in [0, 0.1) is 0 Å². The molecule has 0 saturated carbocycles. The van der Waals surface area contributed by atoms with E-state index >= 15 is 0 Å². The largest absolute Gasteiger partial charge is 0.352 e. The van der Waals surface area contributed by atoms with E-state index in [0.717, 1.165) is 6.42 Å². The number of benzene rings is 1. The van der Waals surface area contributed by atoms with Gasteiger partial charge in [-0.25, -0.2) is 4.98 Å². The summed E-state index contributed by atoms with van der Waals surface area (Å²) in [6.07, 6.45) is 2.46. The first-order valence-corrected chi connectivity index (χ1v) is 7.32. The highest BCUT2D eigenvalue weighted by molar-refractivity contribution is 6.39. The molecule has 2 rings (SSSR count). The highest BCUT2D eigenvalue weighted by Crippen LogP contribution is 2.32. The van der Waals surface area contributed by atoms with Gasteiger partial charge in [-0.15, -0.1) is 0 Å². The first-order valence-electron chi connectivity index (χ1n) is 6.57. The van der Waals surface area contributed by atoms with E-state index in [2.05, 4.69) is 15.6 Å². The van der Waals surface area contributed by atoms with Crippen LogP contribution in [0.4, 0.5) is 11.4 Å². The van der Waals surface area contributed by atoms with Crippen LogP contribution in [0.25, 0.3) is 0 Å². The van der Waals surface area contributed by atoms with E-state index in [9.17, 15) is 4.79 Å². The third-order valence-corrected chi connectivity index (χ3v) is 3.39. The summed E-state index contributed by atoms with van der Waals surface area (Å²) in [5.41, 5.74) is 1.70. The van der Waals surface area contributed by atoms with Crippen LogP contribution in [-0.4, -0.2) is 17.4 Å². The molecule has 0 radical (unpaired) electrons. The van der Waals surface area contributed by atoms with Gasteiger partial charge < -0.3 is 10.6 Å². The molecule has 0 aliphatic carbocycles. The summed E-state index contributed by atoms with van der Waals surface area (Å²) in [5, 5.41) is 6.90. The summed E-state index contributed by atoms with van der Waals surface area (Å²) >= 11 is 12.2. The van der Waals surface area contributed by atoms with Gasteiger partial charge in [0.1, 0.15) is 5.69 Å². The second-order valence-corrected chi connectivity index (χ2v) is 5.22. The first-order chi connectivity index (χ1) is 10.1. The van der Waals surface area contributed by atoms with Crippen molar-refractivity contribution in [2.45, 2.75) is 13.3 Å². The van der Waals surface area contributed by atoms with Crippen LogP contribution >= 0.6 is 23.2 Å². The summed E-state index contributed by atoms with van der Waals surface area (Å²) in [6, 6.07) is 8.67. The molecule has 0 bridgehead atoms. The molecule has 1 amide bonds. The number of hydrogen-bond donors (Lipinski definition) is 2. The number of para-hydroxylation sites is 1. The zero-order valence-corrected chi connectivity index (χ0v) is 13.0. The number of amides is 1. The van der Waals surface area contributed by atoms with Gasteiger partial charge in [-0.2, -0.15) is 0 Å². The molecule has 6 heteroatoms. The van der Waals surface area contributed by atoms with E-state index in [0.29, 0.717) is 33.7 Å². The Labute approximate surface area is 133 Å². The monoisotopic (exact) mass is 323 g/mol. The Balaban J connectivity index is 2.11. The SMILES string of the molecule is CCCNC(=O)c1ccc(Nc2c(Cl)cccc2Cl)cn1. The standard InChI is InChI=1S/C15H15Cl2N3O/c1-2-8-18-15(21)13-7-6-10(9-19-13)20-14-11(16)4-3-5-12(14)17/h3-7,9,20H,2,8H2,1H3,(H,18,21). The number of nitrogens with one attached hydrogen (secondary N) is 2. The fourth-order valence-corrected chi connectivity index (χ4v) is 2.18. The third-order valence-electron chi connectivity index (χ3n) is 2.76. The molecule has 0 spiro atoms. The number of carbonyl (C=O) groups excluding carboxylic acids is 1. The van der Waals surface area contributed by atoms with Gasteiger partial charge in [0, 0.05) is 6.54 Å². The van der Waals surface area contributed by atoms with Crippen molar-refractivity contribution in [3.05, 3.63) is 52.3 Å². The molecule has 0 fully saturated rings. The number of aromatic nitrogens is 1. The molecule has 0 atom stereocenters. The van der Waals surface area contributed by atoms with Gasteiger partial charge >= 0.3 is 0 Å². The molecule has 1 heterocycles. The molecule has 0 aliphatic heterocycles. The van der Waals surface area contributed by atoms with Crippen molar-refractivity contribution in [3.63, 3.8) is 0 Å². The lowest BCUT2D eigenvalue weighted by Gasteiger charge is -2.10. The van der Waals surface area contributed by atoms with Crippen LogP contribution < -0.4 is 10.6 Å². The van der Waals surface area contributed by atoms with Crippen molar-refractivity contribution in [2.24, 2.45) is 0 Å². The van der Waals surface area contributed by atoms with Crippen molar-refractivity contribution in [2.75, 3.05) is 11.9 Å². The number of rotatable bonds is 5. The van der Waals surface area contributed by atoms with Gasteiger partial charge in [-0.05, 0) is 30.7 Å². The lowest BCUT2D eigenvalue weighted by molar-refractivity contribution is 0.0949. The minimum absolute atomic E-state index is 0.181. The number of halogens is 2. The number of anilines is 2. The maximum absolute atomic E-state index is 11.7. The predicted molar refractivity (Wildman–Crippen MR) is 86.6 cm³/mol. The Morgan fingerprint density at radius 1 is 1.19 bits per heavy atom. The van der Waals surface area contributed by atoms with Gasteiger partial charge in [0.25, 0.3) is 5.91 Å². The topological polar surface area (TPSA) is 54.0 Å². The first kappa shape index (κ1) is 15.6. The van der Waals surface area contributed by atoms with Crippen LogP contribution in [0.5, 0.6) is 0 Å². The van der Waals surface area contributed by atoms with Gasteiger partial charge in [0.05, 0.1) is 27.6 Å². The fraction of sp³-hybridized carbons (Fsp3) is 0.200. The Bertz CT molecular complexity index is 609. The molecule has 0 saturated heterocycles. The lowest BCUT2D eigenvalue weighted by atomic mass is 10.2. The lowest BCUT2D eigenvalue weighted by Crippen LogP contribution is -2.24. The van der Waals surface area contributed by atoms with Crippen molar-refractivity contribution in [1.82, 2.24) is 10.3 Å². The van der Waals surface area contributed by atoms with Crippen LogP contribution in [0.15, 0.2) is 36.5 Å². The minimum Gasteiger partial charge on any atom is -0.352 e. The maximum Gasteiger partial charge on any atom is 0.269 e. The van der Waals surface area contributed by atoms with Crippen molar-refractivity contribution in [3.8, 4) is 0 Å². The highest BCUT2D eigenvalue weighted by Gasteiger charge is 2.08. The molecule has 1 aromatic carbocycles. The van der Waals surface area contributed by atoms with Crippen LogP contribution in [0.1, 0.15) is 23.8 Å². The molecule has 21 heavy (non-hydrogen) atoms. The summed E-state index contributed by atoms with van der Waals surface area (Å²) in [5.74, 6) is -0.181. The highest BCUT2D eigenvalue weighted by atomic mass is 35.5. The zero-order valence-electron chi connectivity index (χ0n) is 11.5. The summed E-state index contributed by atoms with van der Waals surface area (Å²) < 4.78 is 0. The maximum atomic E-state index is 11.7. The van der Waals surface area contributed by atoms with Gasteiger partial charge in [0.15, 0.2) is 0 Å². The summed E-state index contributed by atoms with van der Waals surface area (Å²) in [7, 11) is 0. The second-order valence-electron chi connectivity index (χ2n) is 4.41. The minimum atomic E-state index is -0.181. The van der Waals surface area contributed by atoms with Gasteiger partial charge in [-0.1, -0.05) is 36.2 Å². The Morgan fingerprint density at radius 3 is 2.48 bits per heavy atom. The number of pyridine rings is 1. The average molecular weight is 324 g/mol. The van der Waals surface area contributed by atoms with E-state index in [4.69, 9.17) is 23.2 Å². The van der Waals surface area contributed by atoms with E-state index in [1.54, 1.807) is 36.5 Å². The molecular weight excluding hydrogens is 309 g/mol. The van der Waals surface area contributed by atoms with Crippen LogP contribution in [-0.2, 0) is 0 Å². The third kappa shape index (κ3) is 4.09. The fourth-order valence-electron chi connectivity index (χ4n) is 1.69. The normalized spacial score (nSPS) is 10.2. The molecule has 2 N–H and O–H groups in total. The molecule has 4 nitrogen and oxygen atoms in total. The average Bonchev–Trinajstić information content (AvgIpc) is 2.49. The molecule has 110 valence electrons. The predicted octanol–water partition coefficient (Wildman–Crippen LogP) is 4.27. The van der Waals surface area contributed by atoms with E-state index < -0.39 is 0 Å². The summed E-state index contributed by atoms with van der Waals surface area (Å²) in [6.45, 7) is 2.63. The number of nitrogens with zero attached hydrogens (tertiary/aromatic N) is 1. The summed E-state index contributed by atoms with van der Waals surface area (Å²) in [4.78, 5) is 15.9. The van der Waals surface area contributed by atoms with Crippen molar-refractivity contribution < 1.29 is 4.79 Å². The molecular formula is C15H15Cl2N3O. The Kier molecular flexibility index (Phi) is 5.42. The molecule has 2 aromatic rings. The smallest absolute Gasteiger partial charge is 0.269 e.